The number of ketones is 1. The van der Waals surface area contributed by atoms with E-state index in [4.69, 9.17) is 16.3 Å². The Morgan fingerprint density at radius 1 is 1.33 bits per heavy atom. The van der Waals surface area contributed by atoms with Crippen LogP contribution >= 0.6 is 11.6 Å². The second-order valence-corrected chi connectivity index (χ2v) is 4.06. The molecule has 1 aromatic carbocycles. The summed E-state index contributed by atoms with van der Waals surface area (Å²) in [7, 11) is 0. The smallest absolute Gasteiger partial charge is 0.305 e. The number of halogens is 2. The van der Waals surface area contributed by atoms with Gasteiger partial charge in [0.25, 0.3) is 0 Å². The minimum Gasteiger partial charge on any atom is -0.466 e. The summed E-state index contributed by atoms with van der Waals surface area (Å²) in [5.41, 5.74) is 0.153. The van der Waals surface area contributed by atoms with Crippen LogP contribution in [0.2, 0.25) is 5.02 Å². The number of benzene rings is 1. The molecule has 0 radical (unpaired) electrons. The molecule has 0 aliphatic heterocycles. The predicted molar refractivity (Wildman–Crippen MR) is 66.2 cm³/mol. The molecule has 0 amide bonds. The molecule has 0 N–H and O–H groups in total. The first kappa shape index (κ1) is 14.6. The van der Waals surface area contributed by atoms with Gasteiger partial charge in [-0.3, -0.25) is 9.59 Å². The van der Waals surface area contributed by atoms with E-state index in [1.165, 1.54) is 18.2 Å². The molecule has 18 heavy (non-hydrogen) atoms. The molecule has 1 rings (SSSR count). The summed E-state index contributed by atoms with van der Waals surface area (Å²) in [6.07, 6.45) is 0.680. The molecule has 5 heteroatoms. The van der Waals surface area contributed by atoms with Crippen LogP contribution in [0, 0.1) is 5.82 Å². The molecule has 0 bridgehead atoms. The van der Waals surface area contributed by atoms with Crippen molar-refractivity contribution < 1.29 is 18.7 Å². The van der Waals surface area contributed by atoms with Crippen LogP contribution in [-0.4, -0.2) is 18.4 Å². The third kappa shape index (κ3) is 4.11. The van der Waals surface area contributed by atoms with E-state index in [0.29, 0.717) is 13.0 Å². The van der Waals surface area contributed by atoms with Gasteiger partial charge in [0.2, 0.25) is 0 Å². The van der Waals surface area contributed by atoms with E-state index < -0.39 is 5.82 Å². The van der Waals surface area contributed by atoms with Crippen molar-refractivity contribution in [2.75, 3.05) is 6.61 Å². The van der Waals surface area contributed by atoms with E-state index in [1.54, 1.807) is 6.92 Å². The fraction of sp³-hybridized carbons (Fsp3) is 0.385. The number of ether oxygens (including phenoxy) is 1. The highest BCUT2D eigenvalue weighted by Crippen LogP contribution is 2.21. The lowest BCUT2D eigenvalue weighted by atomic mass is 10.1. The van der Waals surface area contributed by atoms with Gasteiger partial charge >= 0.3 is 5.97 Å². The second kappa shape index (κ2) is 7.11. The molecule has 0 aliphatic rings. The van der Waals surface area contributed by atoms with Crippen LogP contribution in [0.15, 0.2) is 18.2 Å². The fourth-order valence-electron chi connectivity index (χ4n) is 1.48. The Morgan fingerprint density at radius 3 is 2.72 bits per heavy atom. The average molecular weight is 273 g/mol. The number of hydrogen-bond acceptors (Lipinski definition) is 3. The Kier molecular flexibility index (Phi) is 5.78. The summed E-state index contributed by atoms with van der Waals surface area (Å²) in [6.45, 7) is 2.04. The quantitative estimate of drug-likeness (QED) is 0.589. The van der Waals surface area contributed by atoms with E-state index in [2.05, 4.69) is 0 Å². The number of Topliss-reactive ketones (excluding diaryl/α,β-unsaturated/α-hetero) is 1. The maximum Gasteiger partial charge on any atom is 0.305 e. The van der Waals surface area contributed by atoms with E-state index in [0.717, 1.165) is 0 Å². The van der Waals surface area contributed by atoms with Crippen LogP contribution < -0.4 is 0 Å². The van der Waals surface area contributed by atoms with Gasteiger partial charge in [-0.15, -0.1) is 0 Å². The molecule has 0 spiro atoms. The van der Waals surface area contributed by atoms with Gasteiger partial charge in [0.15, 0.2) is 5.78 Å². The zero-order chi connectivity index (χ0) is 13.5. The van der Waals surface area contributed by atoms with Crippen LogP contribution in [0.25, 0.3) is 0 Å². The Morgan fingerprint density at radius 2 is 2.06 bits per heavy atom. The number of hydrogen-bond donors (Lipinski definition) is 0. The summed E-state index contributed by atoms with van der Waals surface area (Å²) in [5.74, 6) is -1.23. The van der Waals surface area contributed by atoms with Crippen molar-refractivity contribution in [3.63, 3.8) is 0 Å². The first-order valence-corrected chi connectivity index (χ1v) is 6.07. The van der Waals surface area contributed by atoms with E-state index in [9.17, 15) is 14.0 Å². The molecular weight excluding hydrogens is 259 g/mol. The maximum atomic E-state index is 13.1. The Labute approximate surface area is 110 Å². The van der Waals surface area contributed by atoms with Crippen molar-refractivity contribution in [3.8, 4) is 0 Å². The maximum absolute atomic E-state index is 13.1. The first-order chi connectivity index (χ1) is 8.56. The summed E-state index contributed by atoms with van der Waals surface area (Å²) >= 11 is 5.69. The molecule has 0 heterocycles. The first-order valence-electron chi connectivity index (χ1n) is 5.69. The normalized spacial score (nSPS) is 10.2. The van der Waals surface area contributed by atoms with Gasteiger partial charge in [-0.25, -0.2) is 4.39 Å². The highest BCUT2D eigenvalue weighted by atomic mass is 35.5. The molecule has 0 unspecified atom stereocenters. The van der Waals surface area contributed by atoms with Crippen LogP contribution in [-0.2, 0) is 9.53 Å². The monoisotopic (exact) mass is 272 g/mol. The topological polar surface area (TPSA) is 43.4 Å². The Balaban J connectivity index is 2.51. The lowest BCUT2D eigenvalue weighted by Crippen LogP contribution is -2.06. The SMILES string of the molecule is CCOC(=O)CCCC(=O)c1cccc(F)c1Cl. The van der Waals surface area contributed by atoms with Gasteiger partial charge in [0.05, 0.1) is 11.6 Å². The minimum atomic E-state index is -0.618. The highest BCUT2D eigenvalue weighted by Gasteiger charge is 2.13. The molecule has 0 fully saturated rings. The van der Waals surface area contributed by atoms with Crippen LogP contribution in [0.5, 0.6) is 0 Å². The summed E-state index contributed by atoms with van der Waals surface area (Å²) in [5, 5.41) is -0.168. The van der Waals surface area contributed by atoms with Crippen molar-refractivity contribution in [2.45, 2.75) is 26.2 Å². The molecule has 0 atom stereocenters. The minimum absolute atomic E-state index is 0.141. The van der Waals surface area contributed by atoms with E-state index >= 15 is 0 Å². The van der Waals surface area contributed by atoms with Gasteiger partial charge in [0.1, 0.15) is 5.82 Å². The van der Waals surface area contributed by atoms with Crippen LogP contribution in [0.1, 0.15) is 36.5 Å². The number of carbonyl (C=O) groups is 2. The van der Waals surface area contributed by atoms with Gasteiger partial charge in [-0.05, 0) is 25.5 Å². The van der Waals surface area contributed by atoms with E-state index in [1.807, 2.05) is 0 Å². The summed E-state index contributed by atoms with van der Waals surface area (Å²) < 4.78 is 17.9. The van der Waals surface area contributed by atoms with Gasteiger partial charge in [0, 0.05) is 18.4 Å². The van der Waals surface area contributed by atoms with Crippen molar-refractivity contribution in [1.29, 1.82) is 0 Å². The third-order valence-electron chi connectivity index (χ3n) is 2.34. The molecular formula is C13H14ClFO3. The Hall–Kier alpha value is -1.42. The van der Waals surface area contributed by atoms with Crippen LogP contribution in [0.3, 0.4) is 0 Å². The molecule has 0 saturated heterocycles. The van der Waals surface area contributed by atoms with Gasteiger partial charge in [-0.2, -0.15) is 0 Å². The zero-order valence-electron chi connectivity index (χ0n) is 10.0. The van der Waals surface area contributed by atoms with Crippen molar-refractivity contribution in [2.24, 2.45) is 0 Å². The van der Waals surface area contributed by atoms with Gasteiger partial charge in [-0.1, -0.05) is 17.7 Å². The molecule has 0 saturated carbocycles. The van der Waals surface area contributed by atoms with Crippen molar-refractivity contribution >= 4 is 23.4 Å². The number of carbonyl (C=O) groups excluding carboxylic acids is 2. The number of esters is 1. The Bertz CT molecular complexity index is 446. The molecule has 3 nitrogen and oxygen atoms in total. The largest absolute Gasteiger partial charge is 0.466 e. The zero-order valence-corrected chi connectivity index (χ0v) is 10.8. The van der Waals surface area contributed by atoms with Gasteiger partial charge < -0.3 is 4.74 Å². The molecule has 98 valence electrons. The fourth-order valence-corrected chi connectivity index (χ4v) is 1.71. The lowest BCUT2D eigenvalue weighted by Gasteiger charge is -2.04. The second-order valence-electron chi connectivity index (χ2n) is 3.68. The van der Waals surface area contributed by atoms with E-state index in [-0.39, 0.29) is 35.2 Å². The molecule has 0 aliphatic carbocycles. The van der Waals surface area contributed by atoms with Crippen molar-refractivity contribution in [3.05, 3.63) is 34.6 Å². The lowest BCUT2D eigenvalue weighted by molar-refractivity contribution is -0.143. The predicted octanol–water partition coefficient (Wildman–Crippen LogP) is 3.40. The van der Waals surface area contributed by atoms with Crippen LogP contribution in [0.4, 0.5) is 4.39 Å². The highest BCUT2D eigenvalue weighted by molar-refractivity contribution is 6.34. The summed E-state index contributed by atoms with van der Waals surface area (Å²) in [6, 6.07) is 4.09. The van der Waals surface area contributed by atoms with Crippen molar-refractivity contribution in [1.82, 2.24) is 0 Å². The third-order valence-corrected chi connectivity index (χ3v) is 2.73. The molecule has 0 aromatic heterocycles. The standard InChI is InChI=1S/C13H14ClFO3/c1-2-18-12(17)8-4-7-11(16)9-5-3-6-10(15)13(9)14/h3,5-6H,2,4,7-8H2,1H3. The number of rotatable bonds is 6. The average Bonchev–Trinajstić information content (AvgIpc) is 2.33. The summed E-state index contributed by atoms with van der Waals surface area (Å²) in [4.78, 5) is 22.8. The molecule has 1 aromatic rings.